The van der Waals surface area contributed by atoms with Crippen molar-refractivity contribution in [3.8, 4) is 5.69 Å². The summed E-state index contributed by atoms with van der Waals surface area (Å²) in [5.41, 5.74) is 3.19. The Morgan fingerprint density at radius 3 is 2.60 bits per heavy atom. The van der Waals surface area contributed by atoms with E-state index in [1.807, 2.05) is 39.9 Å². The summed E-state index contributed by atoms with van der Waals surface area (Å²) in [5, 5.41) is 7.98. The summed E-state index contributed by atoms with van der Waals surface area (Å²) < 4.78 is 1.90. The van der Waals surface area contributed by atoms with E-state index in [0.29, 0.717) is 5.41 Å². The highest BCUT2D eigenvalue weighted by molar-refractivity contribution is 5.95. The van der Waals surface area contributed by atoms with Gasteiger partial charge in [0.05, 0.1) is 23.1 Å². The van der Waals surface area contributed by atoms with Crippen LogP contribution < -0.4 is 5.32 Å². The lowest BCUT2D eigenvalue weighted by atomic mass is 9.78. The van der Waals surface area contributed by atoms with Crippen LogP contribution in [-0.2, 0) is 6.42 Å². The van der Waals surface area contributed by atoms with Gasteiger partial charge in [-0.1, -0.05) is 25.1 Å². The van der Waals surface area contributed by atoms with Crippen LogP contribution in [0.15, 0.2) is 36.5 Å². The van der Waals surface area contributed by atoms with Gasteiger partial charge in [0.1, 0.15) is 0 Å². The van der Waals surface area contributed by atoms with Crippen molar-refractivity contribution in [3.63, 3.8) is 0 Å². The van der Waals surface area contributed by atoms with Crippen LogP contribution in [0.25, 0.3) is 5.69 Å². The highest BCUT2D eigenvalue weighted by Gasteiger charge is 2.38. The maximum absolute atomic E-state index is 13.1. The highest BCUT2D eigenvalue weighted by atomic mass is 16.2. The van der Waals surface area contributed by atoms with Gasteiger partial charge in [-0.05, 0) is 49.8 Å². The molecule has 2 aromatic rings. The van der Waals surface area contributed by atoms with Crippen LogP contribution in [0.1, 0.15) is 42.2 Å². The average Bonchev–Trinajstić information content (AvgIpc) is 3.29. The fourth-order valence-corrected chi connectivity index (χ4v) is 4.26. The summed E-state index contributed by atoms with van der Waals surface area (Å²) in [4.78, 5) is 15.1. The van der Waals surface area contributed by atoms with Gasteiger partial charge >= 0.3 is 0 Å². The zero-order valence-corrected chi connectivity index (χ0v) is 14.9. The van der Waals surface area contributed by atoms with Crippen molar-refractivity contribution in [2.75, 3.05) is 26.2 Å². The van der Waals surface area contributed by atoms with E-state index in [2.05, 4.69) is 17.3 Å². The molecule has 0 saturated carbocycles. The first-order valence-electron chi connectivity index (χ1n) is 9.35. The lowest BCUT2D eigenvalue weighted by Crippen LogP contribution is -2.44. The molecule has 5 nitrogen and oxygen atoms in total. The van der Waals surface area contributed by atoms with Crippen molar-refractivity contribution in [3.05, 3.63) is 47.8 Å². The Morgan fingerprint density at radius 2 is 1.96 bits per heavy atom. The Bertz CT molecular complexity index is 736. The summed E-state index contributed by atoms with van der Waals surface area (Å²) in [6.07, 6.45) is 6.01. The third kappa shape index (κ3) is 2.97. The number of likely N-dealkylation sites (tertiary alicyclic amines) is 1. The van der Waals surface area contributed by atoms with E-state index in [1.54, 1.807) is 6.20 Å². The first kappa shape index (κ1) is 16.3. The number of rotatable bonds is 3. The molecule has 4 rings (SSSR count). The summed E-state index contributed by atoms with van der Waals surface area (Å²) >= 11 is 0. The number of aromatic nitrogens is 2. The number of amides is 1. The number of para-hydroxylation sites is 1. The standard InChI is InChI=1S/C20H26N4O/c1-2-18-17(14-22-24(18)16-6-4-3-5-7-16)19(25)23-12-9-20(10-13-23)8-11-21-15-20/h3-7,14,21H,2,8-13,15H2,1H3. The number of nitrogens with zero attached hydrogens (tertiary/aromatic N) is 3. The van der Waals surface area contributed by atoms with Crippen LogP contribution in [0.5, 0.6) is 0 Å². The van der Waals surface area contributed by atoms with E-state index in [1.165, 1.54) is 6.42 Å². The second kappa shape index (κ2) is 6.64. The Balaban J connectivity index is 1.54. The molecule has 0 unspecified atom stereocenters. The molecule has 132 valence electrons. The van der Waals surface area contributed by atoms with Crippen molar-refractivity contribution >= 4 is 5.91 Å². The van der Waals surface area contributed by atoms with Gasteiger partial charge in [0.25, 0.3) is 5.91 Å². The van der Waals surface area contributed by atoms with Crippen molar-refractivity contribution < 1.29 is 4.79 Å². The summed E-state index contributed by atoms with van der Waals surface area (Å²) in [6.45, 7) is 6.04. The minimum absolute atomic E-state index is 0.139. The molecule has 0 bridgehead atoms. The van der Waals surface area contributed by atoms with Crippen LogP contribution in [0, 0.1) is 5.41 Å². The second-order valence-electron chi connectivity index (χ2n) is 7.32. The maximum Gasteiger partial charge on any atom is 0.257 e. The Hall–Kier alpha value is -2.14. The van der Waals surface area contributed by atoms with Gasteiger partial charge in [-0.15, -0.1) is 0 Å². The third-order valence-corrected chi connectivity index (χ3v) is 5.88. The quantitative estimate of drug-likeness (QED) is 0.936. The van der Waals surface area contributed by atoms with Gasteiger partial charge in [0, 0.05) is 19.6 Å². The molecule has 1 aromatic carbocycles. The van der Waals surface area contributed by atoms with Crippen LogP contribution in [0.4, 0.5) is 0 Å². The minimum Gasteiger partial charge on any atom is -0.338 e. The van der Waals surface area contributed by atoms with Gasteiger partial charge in [-0.25, -0.2) is 4.68 Å². The van der Waals surface area contributed by atoms with E-state index in [0.717, 1.165) is 62.4 Å². The molecule has 1 aromatic heterocycles. The average molecular weight is 338 g/mol. The fourth-order valence-electron chi connectivity index (χ4n) is 4.26. The van der Waals surface area contributed by atoms with Gasteiger partial charge in [0.2, 0.25) is 0 Å². The van der Waals surface area contributed by atoms with Crippen LogP contribution >= 0.6 is 0 Å². The molecule has 2 aliphatic rings. The summed E-state index contributed by atoms with van der Waals surface area (Å²) in [7, 11) is 0. The molecule has 1 amide bonds. The predicted octanol–water partition coefficient (Wildman–Crippen LogP) is 2.65. The van der Waals surface area contributed by atoms with E-state index in [-0.39, 0.29) is 5.91 Å². The molecular weight excluding hydrogens is 312 g/mol. The van der Waals surface area contributed by atoms with Crippen LogP contribution in [-0.4, -0.2) is 46.8 Å². The minimum atomic E-state index is 0.139. The molecule has 0 atom stereocenters. The van der Waals surface area contributed by atoms with Crippen molar-refractivity contribution in [2.45, 2.75) is 32.6 Å². The van der Waals surface area contributed by atoms with E-state index >= 15 is 0 Å². The molecule has 25 heavy (non-hydrogen) atoms. The number of piperidine rings is 1. The Labute approximate surface area is 149 Å². The number of hydrogen-bond acceptors (Lipinski definition) is 3. The largest absolute Gasteiger partial charge is 0.338 e. The monoisotopic (exact) mass is 338 g/mol. The molecule has 3 heterocycles. The maximum atomic E-state index is 13.1. The molecule has 0 radical (unpaired) electrons. The molecule has 1 N–H and O–H groups in total. The molecular formula is C20H26N4O. The lowest BCUT2D eigenvalue weighted by Gasteiger charge is -2.38. The predicted molar refractivity (Wildman–Crippen MR) is 98.0 cm³/mol. The smallest absolute Gasteiger partial charge is 0.257 e. The summed E-state index contributed by atoms with van der Waals surface area (Å²) in [6, 6.07) is 10.0. The third-order valence-electron chi connectivity index (χ3n) is 5.88. The number of nitrogens with one attached hydrogen (secondary N) is 1. The molecule has 0 aliphatic carbocycles. The van der Waals surface area contributed by atoms with Crippen molar-refractivity contribution in [1.29, 1.82) is 0 Å². The van der Waals surface area contributed by atoms with Crippen LogP contribution in [0.3, 0.4) is 0 Å². The molecule has 2 aliphatic heterocycles. The zero-order chi connectivity index (χ0) is 17.3. The van der Waals surface area contributed by atoms with E-state index < -0.39 is 0 Å². The molecule has 1 spiro atoms. The fraction of sp³-hybridized carbons (Fsp3) is 0.500. The molecule has 2 fully saturated rings. The normalized spacial score (nSPS) is 19.5. The van der Waals surface area contributed by atoms with Crippen molar-refractivity contribution in [2.24, 2.45) is 5.41 Å². The van der Waals surface area contributed by atoms with Gasteiger partial charge in [0.15, 0.2) is 0 Å². The van der Waals surface area contributed by atoms with Gasteiger partial charge in [-0.2, -0.15) is 5.10 Å². The zero-order valence-electron chi connectivity index (χ0n) is 14.9. The van der Waals surface area contributed by atoms with E-state index in [9.17, 15) is 4.79 Å². The number of benzene rings is 1. The van der Waals surface area contributed by atoms with E-state index in [4.69, 9.17) is 0 Å². The molecule has 2 saturated heterocycles. The Morgan fingerprint density at radius 1 is 1.20 bits per heavy atom. The topological polar surface area (TPSA) is 50.2 Å². The second-order valence-corrected chi connectivity index (χ2v) is 7.32. The van der Waals surface area contributed by atoms with Gasteiger partial charge in [-0.3, -0.25) is 4.79 Å². The SMILES string of the molecule is CCc1c(C(=O)N2CCC3(CCNC3)CC2)cnn1-c1ccccc1. The first-order chi connectivity index (χ1) is 12.2. The van der Waals surface area contributed by atoms with Gasteiger partial charge < -0.3 is 10.2 Å². The number of hydrogen-bond donors (Lipinski definition) is 1. The van der Waals surface area contributed by atoms with Crippen molar-refractivity contribution in [1.82, 2.24) is 20.0 Å². The Kier molecular flexibility index (Phi) is 4.34. The molecule has 5 heteroatoms. The van der Waals surface area contributed by atoms with Crippen LogP contribution in [0.2, 0.25) is 0 Å². The number of carbonyl (C=O) groups is 1. The lowest BCUT2D eigenvalue weighted by molar-refractivity contribution is 0.0606. The summed E-state index contributed by atoms with van der Waals surface area (Å²) in [5.74, 6) is 0.139. The number of carbonyl (C=O) groups excluding carboxylic acids is 1. The highest BCUT2D eigenvalue weighted by Crippen LogP contribution is 2.37. The first-order valence-corrected chi connectivity index (χ1v) is 9.35.